The lowest BCUT2D eigenvalue weighted by molar-refractivity contribution is 0.102. The lowest BCUT2D eigenvalue weighted by Gasteiger charge is -2.04. The predicted molar refractivity (Wildman–Crippen MR) is 105 cm³/mol. The second kappa shape index (κ2) is 7.23. The molecule has 0 saturated heterocycles. The molecule has 7 heteroatoms. The number of hydrogen-bond acceptors (Lipinski definition) is 5. The zero-order chi connectivity index (χ0) is 17.9. The number of hydrogen-bond donors (Lipinski definition) is 1. The van der Waals surface area contributed by atoms with Crippen LogP contribution in [0.25, 0.3) is 21.9 Å². The number of carbonyl (C=O) groups is 1. The fourth-order valence-corrected chi connectivity index (χ4v) is 3.72. The Morgan fingerprint density at radius 3 is 2.35 bits per heavy atom. The van der Waals surface area contributed by atoms with Crippen molar-refractivity contribution in [2.75, 3.05) is 5.32 Å². The molecule has 0 fully saturated rings. The summed E-state index contributed by atoms with van der Waals surface area (Å²) in [5, 5.41) is 10.5. The van der Waals surface area contributed by atoms with Crippen molar-refractivity contribution >= 4 is 39.2 Å². The van der Waals surface area contributed by atoms with Crippen LogP contribution in [0.3, 0.4) is 0 Å². The van der Waals surface area contributed by atoms with Crippen molar-refractivity contribution in [1.82, 2.24) is 10.2 Å². The molecule has 2 aromatic carbocycles. The van der Waals surface area contributed by atoms with Gasteiger partial charge in [0.1, 0.15) is 0 Å². The van der Waals surface area contributed by atoms with Crippen molar-refractivity contribution in [1.29, 1.82) is 0 Å². The topological polar surface area (TPSA) is 68.0 Å². The van der Waals surface area contributed by atoms with Crippen LogP contribution in [-0.4, -0.2) is 16.1 Å². The van der Waals surface area contributed by atoms with Gasteiger partial charge in [-0.25, -0.2) is 0 Å². The van der Waals surface area contributed by atoms with Crippen molar-refractivity contribution < 1.29 is 9.21 Å². The number of halogens is 1. The van der Waals surface area contributed by atoms with E-state index in [4.69, 9.17) is 4.42 Å². The van der Waals surface area contributed by atoms with Crippen LogP contribution in [0.5, 0.6) is 0 Å². The highest BCUT2D eigenvalue weighted by atomic mass is 79.9. The van der Waals surface area contributed by atoms with E-state index in [1.807, 2.05) is 54.6 Å². The first kappa shape index (κ1) is 16.7. The van der Waals surface area contributed by atoms with Crippen molar-refractivity contribution in [3.63, 3.8) is 0 Å². The van der Waals surface area contributed by atoms with Crippen LogP contribution < -0.4 is 5.32 Å². The Kier molecular flexibility index (Phi) is 4.64. The molecule has 26 heavy (non-hydrogen) atoms. The van der Waals surface area contributed by atoms with Crippen LogP contribution in [0.15, 0.2) is 74.9 Å². The molecule has 0 aliphatic heterocycles. The lowest BCUT2D eigenvalue weighted by atomic mass is 10.0. The maximum atomic E-state index is 12.4. The highest BCUT2D eigenvalue weighted by molar-refractivity contribution is 9.11. The highest BCUT2D eigenvalue weighted by Crippen LogP contribution is 2.31. The third-order valence-corrected chi connectivity index (χ3v) is 5.30. The van der Waals surface area contributed by atoms with Gasteiger partial charge in [0.15, 0.2) is 0 Å². The van der Waals surface area contributed by atoms with Crippen molar-refractivity contribution in [2.24, 2.45) is 0 Å². The molecule has 0 bridgehead atoms. The van der Waals surface area contributed by atoms with E-state index < -0.39 is 0 Å². The molecule has 0 spiro atoms. The van der Waals surface area contributed by atoms with Gasteiger partial charge in [-0.3, -0.25) is 10.1 Å². The van der Waals surface area contributed by atoms with Crippen LogP contribution in [0.1, 0.15) is 10.4 Å². The summed E-state index contributed by atoms with van der Waals surface area (Å²) >= 11 is 4.87. The van der Waals surface area contributed by atoms with Crippen LogP contribution in [-0.2, 0) is 0 Å². The Bertz CT molecular complexity index is 1040. The SMILES string of the molecule is O=C(Nc1nnc(-c2ccc(Br)s2)o1)c1ccc(-c2ccccc2)cc1. The Morgan fingerprint density at radius 1 is 0.923 bits per heavy atom. The summed E-state index contributed by atoms with van der Waals surface area (Å²) in [6.07, 6.45) is 0. The molecule has 0 unspecified atom stereocenters. The minimum absolute atomic E-state index is 0.0710. The molecule has 2 heterocycles. The second-order valence-electron chi connectivity index (χ2n) is 5.41. The third kappa shape index (κ3) is 3.58. The molecular weight excluding hydrogens is 414 g/mol. The van der Waals surface area contributed by atoms with E-state index in [1.165, 1.54) is 11.3 Å². The average molecular weight is 426 g/mol. The molecule has 2 aromatic heterocycles. The number of benzene rings is 2. The lowest BCUT2D eigenvalue weighted by Crippen LogP contribution is -2.11. The zero-order valence-electron chi connectivity index (χ0n) is 13.3. The minimum Gasteiger partial charge on any atom is -0.402 e. The average Bonchev–Trinajstić information content (AvgIpc) is 3.31. The number of nitrogens with zero attached hydrogens (tertiary/aromatic N) is 2. The summed E-state index contributed by atoms with van der Waals surface area (Å²) < 4.78 is 6.47. The smallest absolute Gasteiger partial charge is 0.322 e. The predicted octanol–water partition coefficient (Wildman–Crippen LogP) is 5.48. The largest absolute Gasteiger partial charge is 0.402 e. The summed E-state index contributed by atoms with van der Waals surface area (Å²) in [6, 6.07) is 21.2. The van der Waals surface area contributed by atoms with Crippen molar-refractivity contribution in [2.45, 2.75) is 0 Å². The number of anilines is 1. The molecule has 128 valence electrons. The van der Waals surface area contributed by atoms with Gasteiger partial charge in [0.25, 0.3) is 11.8 Å². The van der Waals surface area contributed by atoms with Gasteiger partial charge in [0.2, 0.25) is 0 Å². The molecular formula is C19H12BrN3O2S. The maximum absolute atomic E-state index is 12.4. The number of thiophene rings is 1. The number of rotatable bonds is 4. The summed E-state index contributed by atoms with van der Waals surface area (Å²) in [5.41, 5.74) is 2.66. The van der Waals surface area contributed by atoms with Crippen LogP contribution in [0.2, 0.25) is 0 Å². The van der Waals surface area contributed by atoms with E-state index in [0.717, 1.165) is 19.8 Å². The first-order chi connectivity index (χ1) is 12.7. The summed E-state index contributed by atoms with van der Waals surface area (Å²) in [4.78, 5) is 13.2. The standard InChI is InChI=1S/C19H12BrN3O2S/c20-16-11-10-15(26-16)18-22-23-19(25-18)21-17(24)14-8-6-13(7-9-14)12-4-2-1-3-5-12/h1-11H,(H,21,23,24). The van der Waals surface area contributed by atoms with Gasteiger partial charge >= 0.3 is 6.01 Å². The molecule has 4 aromatic rings. The van der Waals surface area contributed by atoms with Gasteiger partial charge in [-0.2, -0.15) is 0 Å². The van der Waals surface area contributed by atoms with Crippen LogP contribution >= 0.6 is 27.3 Å². The Labute approximate surface area is 161 Å². The van der Waals surface area contributed by atoms with Gasteiger partial charge in [0, 0.05) is 5.56 Å². The van der Waals surface area contributed by atoms with Crippen LogP contribution in [0, 0.1) is 0 Å². The minimum atomic E-state index is -0.299. The van der Waals surface area contributed by atoms with Gasteiger partial charge < -0.3 is 4.42 Å². The van der Waals surface area contributed by atoms with E-state index in [9.17, 15) is 4.79 Å². The normalized spacial score (nSPS) is 10.7. The van der Waals surface area contributed by atoms with E-state index >= 15 is 0 Å². The Balaban J connectivity index is 1.47. The third-order valence-electron chi connectivity index (χ3n) is 3.68. The molecule has 0 saturated carbocycles. The van der Waals surface area contributed by atoms with E-state index in [0.29, 0.717) is 11.5 Å². The first-order valence-corrected chi connectivity index (χ1v) is 9.36. The van der Waals surface area contributed by atoms with Gasteiger partial charge in [-0.05, 0) is 51.3 Å². The maximum Gasteiger partial charge on any atom is 0.322 e. The number of carbonyl (C=O) groups excluding carboxylic acids is 1. The van der Waals surface area contributed by atoms with Gasteiger partial charge in [-0.1, -0.05) is 47.6 Å². The number of amides is 1. The molecule has 1 amide bonds. The Hall–Kier alpha value is -2.77. The molecule has 0 aliphatic rings. The summed E-state index contributed by atoms with van der Waals surface area (Å²) in [6.45, 7) is 0. The molecule has 4 rings (SSSR count). The monoisotopic (exact) mass is 425 g/mol. The molecule has 0 atom stereocenters. The van der Waals surface area contributed by atoms with Crippen molar-refractivity contribution in [3.8, 4) is 21.9 Å². The zero-order valence-corrected chi connectivity index (χ0v) is 15.8. The quantitative estimate of drug-likeness (QED) is 0.469. The molecule has 5 nitrogen and oxygen atoms in total. The van der Waals surface area contributed by atoms with Crippen LogP contribution in [0.4, 0.5) is 6.01 Å². The highest BCUT2D eigenvalue weighted by Gasteiger charge is 2.14. The number of aromatic nitrogens is 2. The second-order valence-corrected chi connectivity index (χ2v) is 7.88. The summed E-state index contributed by atoms with van der Waals surface area (Å²) in [5.74, 6) is 0.0718. The van der Waals surface area contributed by atoms with Gasteiger partial charge in [0.05, 0.1) is 8.66 Å². The number of nitrogens with one attached hydrogen (secondary N) is 1. The first-order valence-electron chi connectivity index (χ1n) is 7.75. The van der Waals surface area contributed by atoms with E-state index in [1.54, 1.807) is 12.1 Å². The van der Waals surface area contributed by atoms with E-state index in [2.05, 4.69) is 31.4 Å². The van der Waals surface area contributed by atoms with E-state index in [-0.39, 0.29) is 11.9 Å². The molecule has 1 N–H and O–H groups in total. The molecule has 0 radical (unpaired) electrons. The van der Waals surface area contributed by atoms with Crippen molar-refractivity contribution in [3.05, 3.63) is 76.1 Å². The van der Waals surface area contributed by atoms with Gasteiger partial charge in [-0.15, -0.1) is 16.4 Å². The molecule has 0 aliphatic carbocycles. The fourth-order valence-electron chi connectivity index (χ4n) is 2.42. The fraction of sp³-hybridized carbons (Fsp3) is 0. The summed E-state index contributed by atoms with van der Waals surface area (Å²) in [7, 11) is 0. The Morgan fingerprint density at radius 2 is 1.65 bits per heavy atom.